The Bertz CT molecular complexity index is 1140. The second kappa shape index (κ2) is 11.0. The second-order valence-electron chi connectivity index (χ2n) is 8.74. The number of benzene rings is 3. The van der Waals surface area contributed by atoms with Crippen molar-refractivity contribution < 1.29 is 14.3 Å². The van der Waals surface area contributed by atoms with Crippen LogP contribution in [0.25, 0.3) is 0 Å². The van der Waals surface area contributed by atoms with Crippen molar-refractivity contribution in [2.24, 2.45) is 10.7 Å². The molecule has 0 saturated heterocycles. The maximum Gasteiger partial charge on any atom is 0.266 e. The molecule has 0 atom stereocenters. The summed E-state index contributed by atoms with van der Waals surface area (Å²) in [6, 6.07) is 26.7. The normalized spacial score (nSPS) is 14.6. The number of carbonyl (C=O) groups is 2. The van der Waals surface area contributed by atoms with Gasteiger partial charge in [0.2, 0.25) is 0 Å². The maximum atomic E-state index is 13.7. The van der Waals surface area contributed by atoms with Crippen molar-refractivity contribution in [3.8, 4) is 5.75 Å². The minimum atomic E-state index is -1.17. The lowest BCUT2D eigenvalue weighted by Gasteiger charge is -2.27. The summed E-state index contributed by atoms with van der Waals surface area (Å²) in [6.45, 7) is 0.474. The Kier molecular flexibility index (Phi) is 7.60. The average molecular weight is 470 g/mol. The third-order valence-corrected chi connectivity index (χ3v) is 6.39. The van der Waals surface area contributed by atoms with E-state index in [1.165, 1.54) is 0 Å². The zero-order chi connectivity index (χ0) is 24.7. The van der Waals surface area contributed by atoms with Crippen molar-refractivity contribution in [1.29, 1.82) is 0 Å². The van der Waals surface area contributed by atoms with Crippen LogP contribution in [0.5, 0.6) is 5.75 Å². The second-order valence-corrected chi connectivity index (χ2v) is 8.74. The van der Waals surface area contributed by atoms with Gasteiger partial charge in [-0.1, -0.05) is 79.2 Å². The SMILES string of the molecule is COc1ccc(CC(=O)CCCCCN2C(=O)C(c3ccccc3)(c3ccccc3)N=C2N)cc1. The van der Waals surface area contributed by atoms with Crippen LogP contribution in [0, 0.1) is 0 Å². The van der Waals surface area contributed by atoms with Gasteiger partial charge in [0.25, 0.3) is 5.91 Å². The Morgan fingerprint density at radius 3 is 2.06 bits per heavy atom. The molecule has 0 unspecified atom stereocenters. The van der Waals surface area contributed by atoms with Gasteiger partial charge in [-0.05, 0) is 41.7 Å². The fraction of sp³-hybridized carbons (Fsp3) is 0.276. The molecular formula is C29H31N3O3. The van der Waals surface area contributed by atoms with Crippen LogP contribution in [0.3, 0.4) is 0 Å². The lowest BCUT2D eigenvalue weighted by molar-refractivity contribution is -0.130. The number of ether oxygens (including phenoxy) is 1. The van der Waals surface area contributed by atoms with E-state index in [-0.39, 0.29) is 17.6 Å². The summed E-state index contributed by atoms with van der Waals surface area (Å²) >= 11 is 0. The van der Waals surface area contributed by atoms with Gasteiger partial charge in [0.1, 0.15) is 11.5 Å². The van der Waals surface area contributed by atoms with E-state index in [9.17, 15) is 9.59 Å². The van der Waals surface area contributed by atoms with Gasteiger partial charge >= 0.3 is 0 Å². The third-order valence-electron chi connectivity index (χ3n) is 6.39. The zero-order valence-electron chi connectivity index (χ0n) is 20.0. The first kappa shape index (κ1) is 24.2. The summed E-state index contributed by atoms with van der Waals surface area (Å²) in [7, 11) is 1.62. The Balaban J connectivity index is 1.33. The van der Waals surface area contributed by atoms with Crippen molar-refractivity contribution in [2.45, 2.75) is 37.6 Å². The van der Waals surface area contributed by atoms with Crippen LogP contribution >= 0.6 is 0 Å². The molecule has 1 heterocycles. The van der Waals surface area contributed by atoms with Gasteiger partial charge in [0.15, 0.2) is 11.5 Å². The molecular weight excluding hydrogens is 438 g/mol. The van der Waals surface area contributed by atoms with Crippen LogP contribution in [-0.2, 0) is 21.5 Å². The topological polar surface area (TPSA) is 85.0 Å². The summed E-state index contributed by atoms with van der Waals surface area (Å²) in [5, 5.41) is 0. The first-order chi connectivity index (χ1) is 17.0. The number of carbonyl (C=O) groups excluding carboxylic acids is 2. The molecule has 0 fully saturated rings. The van der Waals surface area contributed by atoms with Gasteiger partial charge in [-0.15, -0.1) is 0 Å². The van der Waals surface area contributed by atoms with E-state index in [1.54, 1.807) is 12.0 Å². The highest BCUT2D eigenvalue weighted by atomic mass is 16.5. The van der Waals surface area contributed by atoms with E-state index >= 15 is 0 Å². The molecule has 0 bridgehead atoms. The number of nitrogens with two attached hydrogens (primary N) is 1. The quantitative estimate of drug-likeness (QED) is 0.420. The zero-order valence-corrected chi connectivity index (χ0v) is 20.0. The van der Waals surface area contributed by atoms with Crippen molar-refractivity contribution in [3.05, 3.63) is 102 Å². The van der Waals surface area contributed by atoms with E-state index in [4.69, 9.17) is 15.5 Å². The van der Waals surface area contributed by atoms with E-state index in [2.05, 4.69) is 0 Å². The largest absolute Gasteiger partial charge is 0.497 e. The number of rotatable bonds is 11. The first-order valence-electron chi connectivity index (χ1n) is 12.0. The fourth-order valence-corrected chi connectivity index (χ4v) is 4.53. The smallest absolute Gasteiger partial charge is 0.266 e. The van der Waals surface area contributed by atoms with E-state index in [1.807, 2.05) is 84.9 Å². The van der Waals surface area contributed by atoms with Crippen LogP contribution in [0.4, 0.5) is 0 Å². The predicted octanol–water partition coefficient (Wildman–Crippen LogP) is 4.47. The third kappa shape index (κ3) is 5.27. The molecule has 6 nitrogen and oxygen atoms in total. The van der Waals surface area contributed by atoms with Gasteiger partial charge in [-0.3, -0.25) is 14.5 Å². The fourth-order valence-electron chi connectivity index (χ4n) is 4.53. The molecule has 1 aliphatic rings. The standard InChI is InChI=1S/C29H31N3O3/c1-35-26-18-16-22(17-19-26)21-25(33)15-9-4-10-20-32-27(34)29(31-28(32)30,23-11-5-2-6-12-23)24-13-7-3-8-14-24/h2-3,5-8,11-14,16-19H,4,9-10,15,20-21H2,1H3,(H2,30,31). The molecule has 0 aromatic heterocycles. The number of nitrogens with zero attached hydrogens (tertiary/aromatic N) is 2. The highest BCUT2D eigenvalue weighted by molar-refractivity contribution is 6.09. The number of ketones is 1. The molecule has 0 radical (unpaired) electrons. The van der Waals surface area contributed by atoms with Gasteiger partial charge in [0, 0.05) is 19.4 Å². The average Bonchev–Trinajstić information content (AvgIpc) is 3.15. The van der Waals surface area contributed by atoms with Crippen LogP contribution in [0.2, 0.25) is 0 Å². The molecule has 35 heavy (non-hydrogen) atoms. The number of methoxy groups -OCH3 is 1. The minimum absolute atomic E-state index is 0.136. The van der Waals surface area contributed by atoms with Crippen molar-refractivity contribution in [1.82, 2.24) is 4.90 Å². The molecule has 6 heteroatoms. The number of Topliss-reactive ketones (excluding diaryl/α,β-unsaturated/α-hetero) is 1. The Labute approximate surface area is 206 Å². The number of amides is 1. The van der Waals surface area contributed by atoms with Crippen LogP contribution < -0.4 is 10.5 Å². The summed E-state index contributed by atoms with van der Waals surface area (Å²) in [5.74, 6) is 1.09. The summed E-state index contributed by atoms with van der Waals surface area (Å²) < 4.78 is 5.16. The molecule has 3 aromatic rings. The van der Waals surface area contributed by atoms with Crippen LogP contribution in [0.1, 0.15) is 42.4 Å². The summed E-state index contributed by atoms with van der Waals surface area (Å²) in [4.78, 5) is 32.4. The van der Waals surface area contributed by atoms with Crippen LogP contribution in [-0.4, -0.2) is 36.2 Å². The first-order valence-corrected chi connectivity index (χ1v) is 12.0. The predicted molar refractivity (Wildman–Crippen MR) is 137 cm³/mol. The highest BCUT2D eigenvalue weighted by Gasteiger charge is 2.50. The molecule has 1 aliphatic heterocycles. The molecule has 0 spiro atoms. The summed E-state index contributed by atoms with van der Waals surface area (Å²) in [6.07, 6.45) is 3.29. The highest BCUT2D eigenvalue weighted by Crippen LogP contribution is 2.39. The van der Waals surface area contributed by atoms with Gasteiger partial charge in [0.05, 0.1) is 7.11 Å². The summed E-state index contributed by atoms with van der Waals surface area (Å²) in [5.41, 5.74) is 7.70. The van der Waals surface area contributed by atoms with E-state index in [0.29, 0.717) is 19.4 Å². The minimum Gasteiger partial charge on any atom is -0.497 e. The number of hydrogen-bond donors (Lipinski definition) is 1. The van der Waals surface area contributed by atoms with Crippen molar-refractivity contribution >= 4 is 17.6 Å². The van der Waals surface area contributed by atoms with E-state index < -0.39 is 5.54 Å². The Morgan fingerprint density at radius 2 is 1.49 bits per heavy atom. The van der Waals surface area contributed by atoms with Crippen LogP contribution in [0.15, 0.2) is 89.9 Å². The molecule has 3 aromatic carbocycles. The monoisotopic (exact) mass is 469 g/mol. The lowest BCUT2D eigenvalue weighted by atomic mass is 9.83. The maximum absolute atomic E-state index is 13.7. The molecule has 0 saturated carbocycles. The van der Waals surface area contributed by atoms with E-state index in [0.717, 1.165) is 41.7 Å². The van der Waals surface area contributed by atoms with Gasteiger partial charge in [-0.2, -0.15) is 0 Å². The Morgan fingerprint density at radius 1 is 0.886 bits per heavy atom. The molecule has 180 valence electrons. The molecule has 4 rings (SSSR count). The lowest BCUT2D eigenvalue weighted by Crippen LogP contribution is -2.44. The molecule has 1 amide bonds. The number of guanidine groups is 1. The van der Waals surface area contributed by atoms with Crippen molar-refractivity contribution in [2.75, 3.05) is 13.7 Å². The number of hydrogen-bond acceptors (Lipinski definition) is 5. The van der Waals surface area contributed by atoms with Gasteiger partial charge < -0.3 is 10.5 Å². The molecule has 2 N–H and O–H groups in total. The molecule has 0 aliphatic carbocycles. The van der Waals surface area contributed by atoms with Crippen molar-refractivity contribution in [3.63, 3.8) is 0 Å². The van der Waals surface area contributed by atoms with Gasteiger partial charge in [-0.25, -0.2) is 4.99 Å². The Hall–Kier alpha value is -3.93. The number of aliphatic imine (C=N–C) groups is 1. The number of unbranched alkanes of at least 4 members (excludes halogenated alkanes) is 2.